The van der Waals surface area contributed by atoms with Crippen molar-refractivity contribution in [2.75, 3.05) is 0 Å². The highest BCUT2D eigenvalue weighted by Crippen LogP contribution is 2.30. The average molecular weight is 349 g/mol. The first-order chi connectivity index (χ1) is 11.7. The summed E-state index contributed by atoms with van der Waals surface area (Å²) in [4.78, 5) is 0. The summed E-state index contributed by atoms with van der Waals surface area (Å²) in [6.45, 7) is 7.10. The highest BCUT2D eigenvalue weighted by molar-refractivity contribution is 7.07. The van der Waals surface area contributed by atoms with Crippen LogP contribution in [0.2, 0.25) is 0 Å². The van der Waals surface area contributed by atoms with E-state index in [4.69, 9.17) is 4.42 Å². The molecule has 2 aromatic rings. The lowest BCUT2D eigenvalue weighted by molar-refractivity contribution is -0.705. The minimum Gasteiger partial charge on any atom is -0.412 e. The Morgan fingerprint density at radius 2 is 1.58 bits per heavy atom. The lowest BCUT2D eigenvalue weighted by Crippen LogP contribution is -2.33. The van der Waals surface area contributed by atoms with Crippen LogP contribution in [-0.4, -0.2) is 0 Å². The zero-order valence-electron chi connectivity index (χ0n) is 15.1. The second-order valence-electron chi connectivity index (χ2n) is 8.02. The lowest BCUT2D eigenvalue weighted by Gasteiger charge is -2.02. The van der Waals surface area contributed by atoms with E-state index in [-0.39, 0.29) is 0 Å². The molecule has 0 saturated heterocycles. The number of oxazole rings is 1. The first kappa shape index (κ1) is 17.7. The van der Waals surface area contributed by atoms with Gasteiger partial charge in [-0.15, -0.1) is 0 Å². The van der Waals surface area contributed by atoms with Crippen molar-refractivity contribution in [3.63, 3.8) is 0 Å². The van der Waals surface area contributed by atoms with Crippen LogP contribution in [0, 0.1) is 23.7 Å². The predicted octanol–water partition coefficient (Wildman–Crippen LogP) is 4.48. The quantitative estimate of drug-likeness (QED) is 0.747. The van der Waals surface area contributed by atoms with E-state index in [9.17, 15) is 0 Å². The number of hydrogen-bond donors (Lipinski definition) is 0. The molecule has 2 heterocycles. The number of thiazole rings is 1. The Labute approximate surface area is 150 Å². The third kappa shape index (κ3) is 5.44. The first-order valence-electron chi connectivity index (χ1n) is 9.51. The average Bonchev–Trinajstić information content (AvgIpc) is 3.31. The Hall–Kier alpha value is -1.16. The van der Waals surface area contributed by atoms with Gasteiger partial charge in [-0.2, -0.15) is 9.13 Å². The standard InChI is InChI=1S/C10H16NO.C10H16NS/c2*1-9-2-3-10(6-9)7-11-4-5-12-8-11/h2*4-5,8-10H,2-3,6-7H2,1H3/q2*+1. The molecular formula is C20H32N2OS+2. The van der Waals surface area contributed by atoms with Gasteiger partial charge in [0, 0.05) is 11.8 Å². The molecule has 4 atom stereocenters. The number of nitrogens with zero attached hydrogens (tertiary/aromatic N) is 2. The van der Waals surface area contributed by atoms with Crippen molar-refractivity contribution in [2.24, 2.45) is 23.7 Å². The minimum absolute atomic E-state index is 0.877. The molecule has 2 aliphatic rings. The Morgan fingerprint density at radius 3 is 2.04 bits per heavy atom. The third-order valence-electron chi connectivity index (χ3n) is 5.60. The summed E-state index contributed by atoms with van der Waals surface area (Å²) in [5.74, 6) is 3.72. The summed E-state index contributed by atoms with van der Waals surface area (Å²) in [5.41, 5.74) is 2.21. The molecule has 0 bridgehead atoms. The number of rotatable bonds is 4. The van der Waals surface area contributed by atoms with Crippen LogP contribution in [0.4, 0.5) is 0 Å². The molecule has 0 amide bonds. The molecule has 0 aliphatic heterocycles. The van der Waals surface area contributed by atoms with E-state index < -0.39 is 0 Å². The number of aromatic nitrogens is 2. The summed E-state index contributed by atoms with van der Waals surface area (Å²) in [6.07, 6.45) is 16.2. The van der Waals surface area contributed by atoms with Gasteiger partial charge < -0.3 is 4.42 Å². The van der Waals surface area contributed by atoms with Crippen molar-refractivity contribution in [2.45, 2.75) is 65.5 Å². The molecule has 0 aromatic carbocycles. The van der Waals surface area contributed by atoms with Crippen molar-refractivity contribution < 1.29 is 13.6 Å². The van der Waals surface area contributed by atoms with E-state index in [0.717, 1.165) is 30.2 Å². The Kier molecular flexibility index (Phi) is 6.47. The molecule has 132 valence electrons. The van der Waals surface area contributed by atoms with Crippen molar-refractivity contribution >= 4 is 11.3 Å². The Bertz CT molecular complexity index is 514. The maximum atomic E-state index is 5.01. The molecule has 0 spiro atoms. The van der Waals surface area contributed by atoms with Crippen molar-refractivity contribution in [1.29, 1.82) is 0 Å². The van der Waals surface area contributed by atoms with Gasteiger partial charge in [-0.1, -0.05) is 38.0 Å². The SMILES string of the molecule is CC1CCC(C[n+]2ccoc2)C1.CC1CCC(C[n+]2ccsc2)C1. The van der Waals surface area contributed by atoms with Crippen LogP contribution in [0.15, 0.2) is 40.4 Å². The zero-order valence-corrected chi connectivity index (χ0v) is 16.0. The summed E-state index contributed by atoms with van der Waals surface area (Å²) in [7, 11) is 0. The maximum Gasteiger partial charge on any atom is 0.334 e. The zero-order chi connectivity index (χ0) is 16.8. The fourth-order valence-electron chi connectivity index (χ4n) is 4.31. The second kappa shape index (κ2) is 8.80. The fraction of sp³-hybridized carbons (Fsp3) is 0.700. The molecule has 0 N–H and O–H groups in total. The summed E-state index contributed by atoms with van der Waals surface area (Å²) in [5, 5.41) is 2.15. The van der Waals surface area contributed by atoms with Crippen LogP contribution in [0.5, 0.6) is 0 Å². The van der Waals surface area contributed by atoms with Crippen molar-refractivity contribution in [3.8, 4) is 0 Å². The van der Waals surface area contributed by atoms with Crippen LogP contribution in [0.1, 0.15) is 52.4 Å². The van der Waals surface area contributed by atoms with Gasteiger partial charge in [-0.25, -0.2) is 0 Å². The van der Waals surface area contributed by atoms with E-state index in [1.165, 1.54) is 45.1 Å². The van der Waals surface area contributed by atoms with Crippen LogP contribution in [-0.2, 0) is 13.1 Å². The Balaban J connectivity index is 0.000000141. The monoisotopic (exact) mass is 348 g/mol. The van der Waals surface area contributed by atoms with Crippen LogP contribution < -0.4 is 9.13 Å². The second-order valence-corrected chi connectivity index (χ2v) is 8.77. The van der Waals surface area contributed by atoms with E-state index in [2.05, 4.69) is 40.1 Å². The van der Waals surface area contributed by atoms with Gasteiger partial charge >= 0.3 is 6.39 Å². The molecule has 2 fully saturated rings. The van der Waals surface area contributed by atoms with Gasteiger partial charge in [0.25, 0.3) is 0 Å². The Morgan fingerprint density at radius 1 is 0.917 bits per heavy atom. The van der Waals surface area contributed by atoms with Crippen LogP contribution >= 0.6 is 11.3 Å². The minimum atomic E-state index is 0.877. The van der Waals surface area contributed by atoms with E-state index in [1.54, 1.807) is 24.0 Å². The lowest BCUT2D eigenvalue weighted by atomic mass is 10.1. The maximum absolute atomic E-state index is 5.01. The molecular weight excluding hydrogens is 316 g/mol. The normalized spacial score (nSPS) is 29.4. The van der Waals surface area contributed by atoms with Gasteiger partial charge in [0.05, 0.1) is 5.38 Å². The predicted molar refractivity (Wildman–Crippen MR) is 96.4 cm³/mol. The third-order valence-corrected chi connectivity index (χ3v) is 6.27. The van der Waals surface area contributed by atoms with Crippen molar-refractivity contribution in [1.82, 2.24) is 0 Å². The molecule has 2 aromatic heterocycles. The van der Waals surface area contributed by atoms with Crippen LogP contribution in [0.3, 0.4) is 0 Å². The molecule has 2 aliphatic carbocycles. The van der Waals surface area contributed by atoms with E-state index >= 15 is 0 Å². The summed E-state index contributed by atoms with van der Waals surface area (Å²) < 4.78 is 9.48. The smallest absolute Gasteiger partial charge is 0.334 e. The highest BCUT2D eigenvalue weighted by Gasteiger charge is 2.25. The van der Waals surface area contributed by atoms with Crippen LogP contribution in [0.25, 0.3) is 0 Å². The van der Waals surface area contributed by atoms with E-state index in [1.807, 2.05) is 6.20 Å². The molecule has 0 radical (unpaired) electrons. The summed E-state index contributed by atoms with van der Waals surface area (Å²) >= 11 is 1.79. The molecule has 4 rings (SSSR count). The topological polar surface area (TPSA) is 20.9 Å². The van der Waals surface area contributed by atoms with Gasteiger partial charge in [0.15, 0.2) is 25.5 Å². The molecule has 4 unspecified atom stereocenters. The molecule has 24 heavy (non-hydrogen) atoms. The summed E-state index contributed by atoms with van der Waals surface area (Å²) in [6, 6.07) is 0. The molecule has 2 saturated carbocycles. The van der Waals surface area contributed by atoms with Gasteiger partial charge in [-0.05, 0) is 37.5 Å². The fourth-order valence-corrected chi connectivity index (χ4v) is 4.92. The van der Waals surface area contributed by atoms with Gasteiger partial charge in [-0.3, -0.25) is 0 Å². The van der Waals surface area contributed by atoms with Gasteiger partial charge in [0.2, 0.25) is 11.7 Å². The van der Waals surface area contributed by atoms with Crippen molar-refractivity contribution in [3.05, 3.63) is 35.9 Å². The largest absolute Gasteiger partial charge is 0.412 e. The van der Waals surface area contributed by atoms with Gasteiger partial charge in [0.1, 0.15) is 0 Å². The first-order valence-corrected chi connectivity index (χ1v) is 10.5. The molecule has 3 nitrogen and oxygen atoms in total. The van der Waals surface area contributed by atoms with E-state index in [0.29, 0.717) is 0 Å². The number of hydrogen-bond acceptors (Lipinski definition) is 2. The molecule has 4 heteroatoms. The highest BCUT2D eigenvalue weighted by atomic mass is 32.1.